The number of aromatic hydroxyl groups is 1. The summed E-state index contributed by atoms with van der Waals surface area (Å²) in [4.78, 5) is 31.2. The van der Waals surface area contributed by atoms with Gasteiger partial charge in [0.25, 0.3) is 0 Å². The Labute approximate surface area is 175 Å². The van der Waals surface area contributed by atoms with Crippen molar-refractivity contribution in [2.45, 2.75) is 12.8 Å². The molecule has 0 bridgehead atoms. The monoisotopic (exact) mass is 413 g/mol. The molecule has 1 fully saturated rings. The van der Waals surface area contributed by atoms with Gasteiger partial charge in [-0.05, 0) is 35.7 Å². The Morgan fingerprint density at radius 3 is 2.48 bits per heavy atom. The summed E-state index contributed by atoms with van der Waals surface area (Å²) in [5.41, 5.74) is 2.96. The molecule has 152 valence electrons. The number of hydrogen-bond acceptors (Lipinski definition) is 4. The molecule has 2 aromatic rings. The number of phenols is 1. The Kier molecular flexibility index (Phi) is 5.74. The number of benzene rings is 2. The van der Waals surface area contributed by atoms with Gasteiger partial charge in [0.15, 0.2) is 0 Å². The van der Waals surface area contributed by atoms with Crippen LogP contribution in [0.5, 0.6) is 5.75 Å². The first kappa shape index (κ1) is 19.7. The zero-order valence-corrected chi connectivity index (χ0v) is 16.9. The Balaban J connectivity index is 1.28. The Morgan fingerprint density at radius 1 is 0.966 bits per heavy atom. The summed E-state index contributed by atoms with van der Waals surface area (Å²) in [7, 11) is 0. The van der Waals surface area contributed by atoms with Crippen LogP contribution in [0, 0.1) is 0 Å². The number of fused-ring (bicyclic) bond motifs is 1. The Hall–Kier alpha value is -2.57. The zero-order valence-electron chi connectivity index (χ0n) is 16.2. The highest BCUT2D eigenvalue weighted by molar-refractivity contribution is 6.31. The van der Waals surface area contributed by atoms with E-state index in [4.69, 9.17) is 11.6 Å². The van der Waals surface area contributed by atoms with Gasteiger partial charge in [-0.15, -0.1) is 0 Å². The van der Waals surface area contributed by atoms with Crippen molar-refractivity contribution < 1.29 is 14.7 Å². The molecule has 2 amide bonds. The fourth-order valence-electron chi connectivity index (χ4n) is 3.98. The maximum atomic E-state index is 12.8. The normalized spacial score (nSPS) is 16.7. The number of rotatable bonds is 4. The average Bonchev–Trinajstić information content (AvgIpc) is 3.15. The van der Waals surface area contributed by atoms with E-state index in [2.05, 4.69) is 11.0 Å². The van der Waals surface area contributed by atoms with Crippen molar-refractivity contribution in [2.75, 3.05) is 44.2 Å². The third kappa shape index (κ3) is 4.38. The van der Waals surface area contributed by atoms with E-state index in [9.17, 15) is 14.7 Å². The van der Waals surface area contributed by atoms with Gasteiger partial charge >= 0.3 is 0 Å². The van der Waals surface area contributed by atoms with Crippen molar-refractivity contribution in [1.29, 1.82) is 0 Å². The van der Waals surface area contributed by atoms with Crippen molar-refractivity contribution in [3.63, 3.8) is 0 Å². The first-order chi connectivity index (χ1) is 14.0. The van der Waals surface area contributed by atoms with Gasteiger partial charge in [-0.1, -0.05) is 35.9 Å². The standard InChI is InChI=1S/C22H24ClN3O3/c23-19-14-18(27)6-5-17(19)13-21(28)25-11-9-24(10-12-25)15-22(29)26-8-7-16-3-1-2-4-20(16)26/h1-6,14,27H,7-13,15H2. The molecule has 7 heteroatoms. The summed E-state index contributed by atoms with van der Waals surface area (Å²) >= 11 is 6.11. The predicted molar refractivity (Wildman–Crippen MR) is 112 cm³/mol. The lowest BCUT2D eigenvalue weighted by atomic mass is 10.1. The zero-order chi connectivity index (χ0) is 20.4. The molecule has 0 aromatic heterocycles. The van der Waals surface area contributed by atoms with Crippen LogP contribution in [0.4, 0.5) is 5.69 Å². The molecule has 2 aliphatic rings. The highest BCUT2D eigenvalue weighted by Crippen LogP contribution is 2.27. The van der Waals surface area contributed by atoms with Crippen LogP contribution in [0.3, 0.4) is 0 Å². The fourth-order valence-corrected chi connectivity index (χ4v) is 4.23. The minimum atomic E-state index is 0.0111. The van der Waals surface area contributed by atoms with Crippen LogP contribution in [-0.4, -0.2) is 66.0 Å². The fraction of sp³-hybridized carbons (Fsp3) is 0.364. The SMILES string of the molecule is O=C(Cc1ccc(O)cc1Cl)N1CCN(CC(=O)N2CCc3ccccc32)CC1. The molecular weight excluding hydrogens is 390 g/mol. The van der Waals surface area contributed by atoms with Crippen molar-refractivity contribution in [3.8, 4) is 5.75 Å². The summed E-state index contributed by atoms with van der Waals surface area (Å²) in [6.45, 7) is 3.66. The van der Waals surface area contributed by atoms with Gasteiger partial charge in [0, 0.05) is 43.4 Å². The third-order valence-electron chi connectivity index (χ3n) is 5.65. The van der Waals surface area contributed by atoms with E-state index in [1.165, 1.54) is 17.7 Å². The molecule has 2 aromatic carbocycles. The molecule has 1 N–H and O–H groups in total. The molecular formula is C22H24ClN3O3. The first-order valence-corrected chi connectivity index (χ1v) is 10.2. The summed E-state index contributed by atoms with van der Waals surface area (Å²) in [6, 6.07) is 12.7. The number of carbonyl (C=O) groups excluding carboxylic acids is 2. The number of nitrogens with zero attached hydrogens (tertiary/aromatic N) is 3. The second kappa shape index (κ2) is 8.43. The summed E-state index contributed by atoms with van der Waals surface area (Å²) in [6.07, 6.45) is 1.12. The number of para-hydroxylation sites is 1. The van der Waals surface area contributed by atoms with E-state index >= 15 is 0 Å². The molecule has 0 saturated carbocycles. The van der Waals surface area contributed by atoms with Crippen LogP contribution in [0.2, 0.25) is 5.02 Å². The third-order valence-corrected chi connectivity index (χ3v) is 6.00. The van der Waals surface area contributed by atoms with Gasteiger partial charge in [-0.3, -0.25) is 14.5 Å². The number of halogens is 1. The maximum absolute atomic E-state index is 12.8. The van der Waals surface area contributed by atoms with Crippen LogP contribution >= 0.6 is 11.6 Å². The van der Waals surface area contributed by atoms with Gasteiger partial charge in [0.05, 0.1) is 13.0 Å². The van der Waals surface area contributed by atoms with Gasteiger partial charge in [0.1, 0.15) is 5.75 Å². The smallest absolute Gasteiger partial charge is 0.241 e. The Bertz CT molecular complexity index is 925. The number of hydrogen-bond donors (Lipinski definition) is 1. The van der Waals surface area contributed by atoms with Gasteiger partial charge < -0.3 is 14.9 Å². The van der Waals surface area contributed by atoms with Crippen LogP contribution in [-0.2, 0) is 22.4 Å². The number of amides is 2. The topological polar surface area (TPSA) is 64.1 Å². The molecule has 0 radical (unpaired) electrons. The number of carbonyl (C=O) groups is 2. The quantitative estimate of drug-likeness (QED) is 0.835. The van der Waals surface area contributed by atoms with Gasteiger partial charge in [0.2, 0.25) is 11.8 Å². The number of phenolic OH excluding ortho intramolecular Hbond substituents is 1. The number of anilines is 1. The van der Waals surface area contributed by atoms with E-state index in [1.54, 1.807) is 6.07 Å². The summed E-state index contributed by atoms with van der Waals surface area (Å²) in [5, 5.41) is 9.83. The van der Waals surface area contributed by atoms with Crippen LogP contribution in [0.15, 0.2) is 42.5 Å². The summed E-state index contributed by atoms with van der Waals surface area (Å²) in [5.74, 6) is 0.216. The van der Waals surface area contributed by atoms with E-state index in [-0.39, 0.29) is 24.0 Å². The van der Waals surface area contributed by atoms with E-state index in [0.29, 0.717) is 43.3 Å². The van der Waals surface area contributed by atoms with Crippen LogP contribution in [0.25, 0.3) is 0 Å². The van der Waals surface area contributed by atoms with E-state index < -0.39 is 0 Å². The molecule has 0 atom stereocenters. The predicted octanol–water partition coefficient (Wildman–Crippen LogP) is 2.32. The maximum Gasteiger partial charge on any atom is 0.241 e. The highest BCUT2D eigenvalue weighted by Gasteiger charge is 2.28. The molecule has 1 saturated heterocycles. The lowest BCUT2D eigenvalue weighted by Gasteiger charge is -2.35. The van der Waals surface area contributed by atoms with Crippen LogP contribution < -0.4 is 4.90 Å². The van der Waals surface area contributed by atoms with Crippen molar-refractivity contribution >= 4 is 29.1 Å². The lowest BCUT2D eigenvalue weighted by molar-refractivity contribution is -0.132. The molecule has 0 spiro atoms. The summed E-state index contributed by atoms with van der Waals surface area (Å²) < 4.78 is 0. The lowest BCUT2D eigenvalue weighted by Crippen LogP contribution is -2.51. The van der Waals surface area contributed by atoms with Crippen molar-refractivity contribution in [2.24, 2.45) is 0 Å². The van der Waals surface area contributed by atoms with Gasteiger partial charge in [-0.25, -0.2) is 0 Å². The molecule has 6 nitrogen and oxygen atoms in total. The largest absolute Gasteiger partial charge is 0.508 e. The minimum Gasteiger partial charge on any atom is -0.508 e. The molecule has 2 heterocycles. The molecule has 2 aliphatic heterocycles. The molecule has 0 aliphatic carbocycles. The Morgan fingerprint density at radius 2 is 1.72 bits per heavy atom. The van der Waals surface area contributed by atoms with Crippen LogP contribution in [0.1, 0.15) is 11.1 Å². The molecule has 4 rings (SSSR count). The van der Waals surface area contributed by atoms with Crippen molar-refractivity contribution in [1.82, 2.24) is 9.80 Å². The molecule has 29 heavy (non-hydrogen) atoms. The second-order valence-electron chi connectivity index (χ2n) is 7.53. The second-order valence-corrected chi connectivity index (χ2v) is 7.94. The average molecular weight is 414 g/mol. The first-order valence-electron chi connectivity index (χ1n) is 9.87. The van der Waals surface area contributed by atoms with E-state index in [0.717, 1.165) is 18.7 Å². The van der Waals surface area contributed by atoms with Gasteiger partial charge in [-0.2, -0.15) is 0 Å². The number of piperazine rings is 1. The highest BCUT2D eigenvalue weighted by atomic mass is 35.5. The van der Waals surface area contributed by atoms with Crippen molar-refractivity contribution in [3.05, 3.63) is 58.6 Å². The molecule has 0 unspecified atom stereocenters. The van der Waals surface area contributed by atoms with E-state index in [1.807, 2.05) is 28.0 Å². The minimum absolute atomic E-state index is 0.0111.